The minimum atomic E-state index is -0.0413. The molecule has 2 amide bonds. The Morgan fingerprint density at radius 1 is 1.31 bits per heavy atom. The molecule has 0 aromatic heterocycles. The van der Waals surface area contributed by atoms with Crippen molar-refractivity contribution in [2.24, 2.45) is 0 Å². The van der Waals surface area contributed by atoms with Crippen molar-refractivity contribution >= 4 is 6.03 Å². The number of nitrogens with zero attached hydrogens (tertiary/aromatic N) is 1. The lowest BCUT2D eigenvalue weighted by atomic mass is 10.2. The third-order valence-electron chi connectivity index (χ3n) is 3.31. The Morgan fingerprint density at radius 2 is 1.94 bits per heavy atom. The van der Waals surface area contributed by atoms with Crippen LogP contribution < -0.4 is 10.6 Å². The van der Waals surface area contributed by atoms with E-state index in [0.717, 1.165) is 13.0 Å². The van der Waals surface area contributed by atoms with Crippen LogP contribution in [0.15, 0.2) is 0 Å². The van der Waals surface area contributed by atoms with E-state index in [4.69, 9.17) is 0 Å². The number of carbonyl (C=O) groups is 1. The highest BCUT2D eigenvalue weighted by atomic mass is 16.2. The lowest BCUT2D eigenvalue weighted by Gasteiger charge is -2.24. The van der Waals surface area contributed by atoms with Crippen LogP contribution >= 0.6 is 0 Å². The molecule has 1 aliphatic heterocycles. The molecule has 0 spiro atoms. The summed E-state index contributed by atoms with van der Waals surface area (Å²) in [6.45, 7) is 9.35. The molecule has 2 N–H and O–H groups in total. The van der Waals surface area contributed by atoms with Crippen LogP contribution in [0.5, 0.6) is 0 Å². The first-order valence-corrected chi connectivity index (χ1v) is 6.42. The summed E-state index contributed by atoms with van der Waals surface area (Å²) >= 11 is 0. The van der Waals surface area contributed by atoms with Crippen molar-refractivity contribution in [3.63, 3.8) is 0 Å². The molecule has 1 fully saturated rings. The zero-order chi connectivity index (χ0) is 12.0. The Labute approximate surface area is 98.8 Å². The Morgan fingerprint density at radius 3 is 2.50 bits per heavy atom. The molecule has 1 aliphatic rings. The van der Waals surface area contributed by atoms with Gasteiger partial charge in [0.15, 0.2) is 0 Å². The summed E-state index contributed by atoms with van der Waals surface area (Å²) in [5, 5.41) is 5.84. The highest BCUT2D eigenvalue weighted by molar-refractivity contribution is 5.74. The molecule has 2 atom stereocenters. The molecule has 2 unspecified atom stereocenters. The average molecular weight is 227 g/mol. The standard InChI is InChI=1S/C12H25N3O/c1-4-10(2)14-12(16)13-9-11(3)15-7-5-6-8-15/h10-11H,4-9H2,1-3H3,(H2,13,14,16). The number of hydrogen-bond donors (Lipinski definition) is 2. The first-order valence-electron chi connectivity index (χ1n) is 6.42. The van der Waals surface area contributed by atoms with Crippen LogP contribution in [0, 0.1) is 0 Å². The predicted octanol–water partition coefficient (Wildman–Crippen LogP) is 1.57. The Hall–Kier alpha value is -0.770. The minimum absolute atomic E-state index is 0.0413. The summed E-state index contributed by atoms with van der Waals surface area (Å²) < 4.78 is 0. The van der Waals surface area contributed by atoms with Crippen molar-refractivity contribution in [2.45, 2.75) is 52.1 Å². The van der Waals surface area contributed by atoms with Gasteiger partial charge in [0.05, 0.1) is 0 Å². The molecule has 16 heavy (non-hydrogen) atoms. The molecule has 0 aromatic carbocycles. The zero-order valence-corrected chi connectivity index (χ0v) is 10.8. The molecule has 1 rings (SSSR count). The van der Waals surface area contributed by atoms with Crippen LogP contribution in [-0.4, -0.2) is 42.6 Å². The van der Waals surface area contributed by atoms with Gasteiger partial charge >= 0.3 is 6.03 Å². The van der Waals surface area contributed by atoms with Crippen molar-refractivity contribution < 1.29 is 4.79 Å². The van der Waals surface area contributed by atoms with E-state index in [0.29, 0.717) is 6.04 Å². The van der Waals surface area contributed by atoms with E-state index in [9.17, 15) is 4.79 Å². The molecule has 0 bridgehead atoms. The first-order chi connectivity index (χ1) is 7.63. The zero-order valence-electron chi connectivity index (χ0n) is 10.8. The lowest BCUT2D eigenvalue weighted by molar-refractivity contribution is 0.224. The van der Waals surface area contributed by atoms with Gasteiger partial charge in [0.25, 0.3) is 0 Å². The van der Waals surface area contributed by atoms with E-state index in [1.165, 1.54) is 25.9 Å². The van der Waals surface area contributed by atoms with Gasteiger partial charge in [-0.15, -0.1) is 0 Å². The third-order valence-corrected chi connectivity index (χ3v) is 3.31. The van der Waals surface area contributed by atoms with E-state index < -0.39 is 0 Å². The number of amides is 2. The van der Waals surface area contributed by atoms with Gasteiger partial charge in [-0.25, -0.2) is 4.79 Å². The van der Waals surface area contributed by atoms with Crippen LogP contribution in [0.4, 0.5) is 4.79 Å². The second kappa shape index (κ2) is 6.74. The number of carbonyl (C=O) groups excluding carboxylic acids is 1. The van der Waals surface area contributed by atoms with E-state index in [1.54, 1.807) is 0 Å². The number of nitrogens with one attached hydrogen (secondary N) is 2. The number of urea groups is 1. The monoisotopic (exact) mass is 227 g/mol. The van der Waals surface area contributed by atoms with E-state index in [2.05, 4.69) is 29.4 Å². The van der Waals surface area contributed by atoms with Crippen molar-refractivity contribution in [1.82, 2.24) is 15.5 Å². The summed E-state index contributed by atoms with van der Waals surface area (Å²) in [4.78, 5) is 13.9. The Kier molecular flexibility index (Phi) is 5.60. The van der Waals surface area contributed by atoms with Gasteiger partial charge in [0.2, 0.25) is 0 Å². The van der Waals surface area contributed by atoms with Crippen molar-refractivity contribution in [1.29, 1.82) is 0 Å². The van der Waals surface area contributed by atoms with Gasteiger partial charge < -0.3 is 10.6 Å². The topological polar surface area (TPSA) is 44.4 Å². The highest BCUT2D eigenvalue weighted by Gasteiger charge is 2.18. The quantitative estimate of drug-likeness (QED) is 0.749. The molecule has 0 aromatic rings. The van der Waals surface area contributed by atoms with E-state index >= 15 is 0 Å². The average Bonchev–Trinajstić information content (AvgIpc) is 2.79. The summed E-state index contributed by atoms with van der Waals surface area (Å²) in [6.07, 6.45) is 3.56. The van der Waals surface area contributed by atoms with Crippen LogP contribution in [0.25, 0.3) is 0 Å². The van der Waals surface area contributed by atoms with Gasteiger partial charge in [-0.05, 0) is 46.2 Å². The molecule has 0 radical (unpaired) electrons. The van der Waals surface area contributed by atoms with Gasteiger partial charge in [-0.2, -0.15) is 0 Å². The Bertz CT molecular complexity index is 214. The van der Waals surface area contributed by atoms with Crippen molar-refractivity contribution in [3.05, 3.63) is 0 Å². The fourth-order valence-corrected chi connectivity index (χ4v) is 1.93. The molecule has 4 nitrogen and oxygen atoms in total. The van der Waals surface area contributed by atoms with Crippen molar-refractivity contribution in [3.8, 4) is 0 Å². The smallest absolute Gasteiger partial charge is 0.315 e. The maximum absolute atomic E-state index is 11.5. The van der Waals surface area contributed by atoms with Crippen LogP contribution in [0.2, 0.25) is 0 Å². The van der Waals surface area contributed by atoms with Crippen LogP contribution in [0.3, 0.4) is 0 Å². The number of likely N-dealkylation sites (tertiary alicyclic amines) is 1. The maximum atomic E-state index is 11.5. The van der Waals surface area contributed by atoms with Crippen LogP contribution in [0.1, 0.15) is 40.0 Å². The van der Waals surface area contributed by atoms with Crippen molar-refractivity contribution in [2.75, 3.05) is 19.6 Å². The molecular weight excluding hydrogens is 202 g/mol. The van der Waals surface area contributed by atoms with Gasteiger partial charge in [0.1, 0.15) is 0 Å². The summed E-state index contributed by atoms with van der Waals surface area (Å²) in [5.74, 6) is 0. The normalized spacial score (nSPS) is 20.4. The number of hydrogen-bond acceptors (Lipinski definition) is 2. The van der Waals surface area contributed by atoms with Gasteiger partial charge in [-0.1, -0.05) is 6.92 Å². The first kappa shape index (κ1) is 13.3. The van der Waals surface area contributed by atoms with Crippen LogP contribution in [-0.2, 0) is 0 Å². The second-order valence-corrected chi connectivity index (χ2v) is 4.76. The molecule has 1 saturated heterocycles. The van der Waals surface area contributed by atoms with E-state index in [-0.39, 0.29) is 12.1 Å². The maximum Gasteiger partial charge on any atom is 0.315 e. The van der Waals surface area contributed by atoms with Gasteiger partial charge in [0, 0.05) is 18.6 Å². The molecule has 1 heterocycles. The summed E-state index contributed by atoms with van der Waals surface area (Å²) in [5.41, 5.74) is 0. The number of rotatable bonds is 5. The predicted molar refractivity (Wildman–Crippen MR) is 66.6 cm³/mol. The third kappa shape index (κ3) is 4.39. The summed E-state index contributed by atoms with van der Waals surface area (Å²) in [7, 11) is 0. The fraction of sp³-hybridized carbons (Fsp3) is 0.917. The van der Waals surface area contributed by atoms with E-state index in [1.807, 2.05) is 6.92 Å². The largest absolute Gasteiger partial charge is 0.337 e. The Balaban J connectivity index is 2.15. The molecular formula is C12H25N3O. The second-order valence-electron chi connectivity index (χ2n) is 4.76. The molecule has 94 valence electrons. The fourth-order valence-electron chi connectivity index (χ4n) is 1.93. The molecule has 0 aliphatic carbocycles. The van der Waals surface area contributed by atoms with Gasteiger partial charge in [-0.3, -0.25) is 4.90 Å². The molecule has 0 saturated carbocycles. The highest BCUT2D eigenvalue weighted by Crippen LogP contribution is 2.10. The SMILES string of the molecule is CCC(C)NC(=O)NCC(C)N1CCCC1. The lowest BCUT2D eigenvalue weighted by Crippen LogP contribution is -2.46. The molecule has 4 heteroatoms. The summed E-state index contributed by atoms with van der Waals surface area (Å²) in [6, 6.07) is 0.660. The minimum Gasteiger partial charge on any atom is -0.337 e.